The van der Waals surface area contributed by atoms with E-state index < -0.39 is 6.04 Å². The highest BCUT2D eigenvalue weighted by molar-refractivity contribution is 6.08. The molecule has 3 aromatic carbocycles. The SMILES string of the molecule is CCCOc1ccc(-c2cc(C(=O)NC(C(=O)CCCN(CC)CC)c3ccccc3)c3ccccc3n2)cc1. The van der Waals surface area contributed by atoms with Gasteiger partial charge in [-0.15, -0.1) is 0 Å². The van der Waals surface area contributed by atoms with Gasteiger partial charge in [0.15, 0.2) is 5.78 Å². The number of Topliss-reactive ketones (excluding diaryl/α,β-unsaturated/α-hetero) is 1. The van der Waals surface area contributed by atoms with Crippen LogP contribution in [0, 0.1) is 0 Å². The van der Waals surface area contributed by atoms with Gasteiger partial charge < -0.3 is 15.0 Å². The number of carbonyl (C=O) groups excluding carboxylic acids is 2. The molecule has 0 spiro atoms. The van der Waals surface area contributed by atoms with E-state index in [-0.39, 0.29) is 11.7 Å². The number of nitrogens with one attached hydrogen (secondary N) is 1. The lowest BCUT2D eigenvalue weighted by Crippen LogP contribution is -2.34. The second kappa shape index (κ2) is 14.4. The van der Waals surface area contributed by atoms with E-state index in [0.717, 1.165) is 60.3 Å². The third-order valence-electron chi connectivity index (χ3n) is 7.11. The Morgan fingerprint density at radius 1 is 0.900 bits per heavy atom. The average Bonchev–Trinajstić information content (AvgIpc) is 3.00. The summed E-state index contributed by atoms with van der Waals surface area (Å²) in [6.45, 7) is 9.75. The van der Waals surface area contributed by atoms with Crippen LogP contribution >= 0.6 is 0 Å². The minimum Gasteiger partial charge on any atom is -0.494 e. The molecule has 0 aliphatic heterocycles. The van der Waals surface area contributed by atoms with Crippen molar-refractivity contribution in [2.24, 2.45) is 0 Å². The van der Waals surface area contributed by atoms with Crippen LogP contribution < -0.4 is 10.1 Å². The monoisotopic (exact) mass is 537 g/mol. The molecule has 0 fully saturated rings. The van der Waals surface area contributed by atoms with Gasteiger partial charge in [-0.2, -0.15) is 0 Å². The number of amides is 1. The number of ether oxygens (including phenoxy) is 1. The van der Waals surface area contributed by atoms with E-state index in [0.29, 0.717) is 24.3 Å². The molecule has 0 aliphatic carbocycles. The van der Waals surface area contributed by atoms with Crippen LogP contribution in [0.5, 0.6) is 5.75 Å². The van der Waals surface area contributed by atoms with Crippen LogP contribution in [0.25, 0.3) is 22.2 Å². The maximum Gasteiger partial charge on any atom is 0.252 e. The number of hydrogen-bond donors (Lipinski definition) is 1. The van der Waals surface area contributed by atoms with Crippen LogP contribution in [0.1, 0.15) is 62.0 Å². The van der Waals surface area contributed by atoms with Crippen molar-refractivity contribution in [1.82, 2.24) is 15.2 Å². The van der Waals surface area contributed by atoms with Crippen molar-refractivity contribution in [3.8, 4) is 17.0 Å². The van der Waals surface area contributed by atoms with Crippen LogP contribution in [-0.4, -0.2) is 47.8 Å². The Hall–Kier alpha value is -4.03. The molecule has 4 rings (SSSR count). The summed E-state index contributed by atoms with van der Waals surface area (Å²) in [6.07, 6.45) is 2.08. The highest BCUT2D eigenvalue weighted by Gasteiger charge is 2.24. The maximum absolute atomic E-state index is 13.9. The standard InChI is InChI=1S/C34H39N3O3/c1-4-23-40-27-20-18-25(19-21-27)31-24-29(28-15-10-11-16-30(28)35-31)34(39)36-33(26-13-8-7-9-14-26)32(38)17-12-22-37(5-2)6-3/h7-11,13-16,18-21,24,33H,4-6,12,17,22-23H2,1-3H3,(H,36,39). The van der Waals surface area contributed by atoms with Gasteiger partial charge in [-0.3, -0.25) is 9.59 Å². The minimum absolute atomic E-state index is 0.00737. The molecule has 0 radical (unpaired) electrons. The fourth-order valence-corrected chi connectivity index (χ4v) is 4.82. The van der Waals surface area contributed by atoms with Crippen molar-refractivity contribution in [1.29, 1.82) is 0 Å². The normalized spacial score (nSPS) is 11.9. The first-order chi connectivity index (χ1) is 19.5. The van der Waals surface area contributed by atoms with E-state index in [1.807, 2.05) is 84.9 Å². The van der Waals surface area contributed by atoms with E-state index in [1.165, 1.54) is 0 Å². The first kappa shape index (κ1) is 29.0. The number of para-hydroxylation sites is 1. The highest BCUT2D eigenvalue weighted by Crippen LogP contribution is 2.27. The number of benzene rings is 3. The van der Waals surface area contributed by atoms with Crippen molar-refractivity contribution >= 4 is 22.6 Å². The Bertz CT molecular complexity index is 1400. The molecule has 0 saturated heterocycles. The summed E-state index contributed by atoms with van der Waals surface area (Å²) in [5.74, 6) is 0.510. The fourth-order valence-electron chi connectivity index (χ4n) is 4.82. The Morgan fingerprint density at radius 3 is 2.30 bits per heavy atom. The first-order valence-corrected chi connectivity index (χ1v) is 14.3. The van der Waals surface area contributed by atoms with Gasteiger partial charge in [-0.25, -0.2) is 4.98 Å². The van der Waals surface area contributed by atoms with Crippen LogP contribution in [0.15, 0.2) is 84.9 Å². The largest absolute Gasteiger partial charge is 0.494 e. The van der Waals surface area contributed by atoms with Crippen LogP contribution in [0.2, 0.25) is 0 Å². The summed E-state index contributed by atoms with van der Waals surface area (Å²) in [5.41, 5.74) is 3.57. The van der Waals surface area contributed by atoms with Crippen molar-refractivity contribution in [2.75, 3.05) is 26.2 Å². The number of hydrogen-bond acceptors (Lipinski definition) is 5. The van der Waals surface area contributed by atoms with E-state index in [1.54, 1.807) is 0 Å². The fraction of sp³-hybridized carbons (Fsp3) is 0.324. The summed E-state index contributed by atoms with van der Waals surface area (Å²) in [7, 11) is 0. The molecule has 208 valence electrons. The third-order valence-corrected chi connectivity index (χ3v) is 7.11. The average molecular weight is 538 g/mol. The van der Waals surface area contributed by atoms with Gasteiger partial charge in [0, 0.05) is 17.4 Å². The Labute approximate surface area is 237 Å². The van der Waals surface area contributed by atoms with Gasteiger partial charge >= 0.3 is 0 Å². The molecule has 1 atom stereocenters. The second-order valence-electron chi connectivity index (χ2n) is 9.86. The van der Waals surface area contributed by atoms with Crippen LogP contribution in [0.4, 0.5) is 0 Å². The molecule has 4 aromatic rings. The van der Waals surface area contributed by atoms with E-state index in [9.17, 15) is 9.59 Å². The third kappa shape index (κ3) is 7.33. The van der Waals surface area contributed by atoms with Crippen LogP contribution in [0.3, 0.4) is 0 Å². The number of carbonyl (C=O) groups is 2. The smallest absolute Gasteiger partial charge is 0.252 e. The molecule has 1 amide bonds. The maximum atomic E-state index is 13.9. The molecule has 40 heavy (non-hydrogen) atoms. The van der Waals surface area contributed by atoms with E-state index in [2.05, 4.69) is 31.0 Å². The van der Waals surface area contributed by atoms with E-state index >= 15 is 0 Å². The molecular weight excluding hydrogens is 498 g/mol. The highest BCUT2D eigenvalue weighted by atomic mass is 16.5. The van der Waals surface area contributed by atoms with Crippen LogP contribution in [-0.2, 0) is 4.79 Å². The minimum atomic E-state index is -0.726. The molecule has 1 heterocycles. The molecular formula is C34H39N3O3. The zero-order chi connectivity index (χ0) is 28.3. The summed E-state index contributed by atoms with van der Waals surface area (Å²) < 4.78 is 5.72. The Kier molecular flexibility index (Phi) is 10.4. The van der Waals surface area contributed by atoms with Gasteiger partial charge in [0.05, 0.1) is 23.4 Å². The number of aromatic nitrogens is 1. The Balaban J connectivity index is 1.62. The zero-order valence-corrected chi connectivity index (χ0v) is 23.7. The Morgan fingerprint density at radius 2 is 1.60 bits per heavy atom. The van der Waals surface area contributed by atoms with Crippen molar-refractivity contribution in [2.45, 2.75) is 46.1 Å². The molecule has 1 N–H and O–H groups in total. The molecule has 1 aromatic heterocycles. The summed E-state index contributed by atoms with van der Waals surface area (Å²) in [6, 6.07) is 25.9. The van der Waals surface area contributed by atoms with Gasteiger partial charge in [-0.05, 0) is 74.4 Å². The number of ketones is 1. The summed E-state index contributed by atoms with van der Waals surface area (Å²) in [5, 5.41) is 3.81. The van der Waals surface area contributed by atoms with Gasteiger partial charge in [0.2, 0.25) is 0 Å². The molecule has 6 nitrogen and oxygen atoms in total. The first-order valence-electron chi connectivity index (χ1n) is 14.3. The number of nitrogens with zero attached hydrogens (tertiary/aromatic N) is 2. The lowest BCUT2D eigenvalue weighted by molar-refractivity contribution is -0.121. The quantitative estimate of drug-likeness (QED) is 0.190. The van der Waals surface area contributed by atoms with Gasteiger partial charge in [0.1, 0.15) is 11.8 Å². The topological polar surface area (TPSA) is 71.5 Å². The van der Waals surface area contributed by atoms with Gasteiger partial charge in [-0.1, -0.05) is 69.3 Å². The number of fused-ring (bicyclic) bond motifs is 1. The zero-order valence-electron chi connectivity index (χ0n) is 23.7. The van der Waals surface area contributed by atoms with Gasteiger partial charge in [0.25, 0.3) is 5.91 Å². The molecule has 0 bridgehead atoms. The lowest BCUT2D eigenvalue weighted by atomic mass is 9.98. The van der Waals surface area contributed by atoms with Crippen molar-refractivity contribution in [3.05, 3.63) is 96.1 Å². The second-order valence-corrected chi connectivity index (χ2v) is 9.86. The number of pyridine rings is 1. The van der Waals surface area contributed by atoms with Crippen molar-refractivity contribution < 1.29 is 14.3 Å². The number of rotatable bonds is 14. The predicted molar refractivity (Wildman–Crippen MR) is 162 cm³/mol. The van der Waals surface area contributed by atoms with Crippen molar-refractivity contribution in [3.63, 3.8) is 0 Å². The molecule has 1 unspecified atom stereocenters. The predicted octanol–water partition coefficient (Wildman–Crippen LogP) is 6.85. The molecule has 6 heteroatoms. The summed E-state index contributed by atoms with van der Waals surface area (Å²) >= 11 is 0. The van der Waals surface area contributed by atoms with E-state index in [4.69, 9.17) is 9.72 Å². The molecule has 0 saturated carbocycles. The summed E-state index contributed by atoms with van der Waals surface area (Å²) in [4.78, 5) is 34.5. The lowest BCUT2D eigenvalue weighted by Gasteiger charge is -2.21. The molecule has 0 aliphatic rings.